The van der Waals surface area contributed by atoms with Crippen LogP contribution in [0.15, 0.2) is 67.1 Å². The van der Waals surface area contributed by atoms with Crippen LogP contribution in [0.3, 0.4) is 0 Å². The van der Waals surface area contributed by atoms with E-state index in [1.165, 1.54) is 0 Å². The largest absolute Gasteiger partial charge is 0.379 e. The molecule has 0 bridgehead atoms. The molecule has 2 aromatic carbocycles. The van der Waals surface area contributed by atoms with Crippen LogP contribution in [0.2, 0.25) is 10.0 Å². The molecule has 5 rings (SSSR count). The summed E-state index contributed by atoms with van der Waals surface area (Å²) in [6.07, 6.45) is 5.07. The Hall–Kier alpha value is -2.97. The summed E-state index contributed by atoms with van der Waals surface area (Å²) in [5.74, 6) is 0.265. The Balaban J connectivity index is 1.45. The van der Waals surface area contributed by atoms with Crippen LogP contribution in [0.4, 0.5) is 0 Å². The van der Waals surface area contributed by atoms with Crippen LogP contribution in [-0.2, 0) is 4.74 Å². The molecule has 0 aliphatic carbocycles. The van der Waals surface area contributed by atoms with Gasteiger partial charge in [-0.2, -0.15) is 0 Å². The van der Waals surface area contributed by atoms with E-state index in [0.717, 1.165) is 24.2 Å². The summed E-state index contributed by atoms with van der Waals surface area (Å²) in [4.78, 5) is 24.4. The second-order valence-corrected chi connectivity index (χ2v) is 8.86. The van der Waals surface area contributed by atoms with Gasteiger partial charge in [0.25, 0.3) is 5.91 Å². The van der Waals surface area contributed by atoms with Crippen LogP contribution < -0.4 is 5.32 Å². The molecule has 2 aromatic heterocycles. The number of fused-ring (bicyclic) bond motifs is 1. The molecular weight excluding hydrogens is 473 g/mol. The van der Waals surface area contributed by atoms with Crippen LogP contribution in [-0.4, -0.2) is 58.2 Å². The number of benzene rings is 2. The molecule has 34 heavy (non-hydrogen) atoms. The van der Waals surface area contributed by atoms with Gasteiger partial charge in [0.15, 0.2) is 0 Å². The second kappa shape index (κ2) is 10.1. The SMILES string of the molecule is O=C(NCC(c1ccc(Cl)cc1)N1CCOCC1)c1cn(-c2ncccn2)c2cccc(Cl)c12. The summed E-state index contributed by atoms with van der Waals surface area (Å²) < 4.78 is 7.31. The van der Waals surface area contributed by atoms with E-state index in [0.29, 0.717) is 46.7 Å². The average Bonchev–Trinajstić information content (AvgIpc) is 3.27. The van der Waals surface area contributed by atoms with E-state index in [1.807, 2.05) is 36.4 Å². The molecule has 174 valence electrons. The van der Waals surface area contributed by atoms with E-state index >= 15 is 0 Å². The molecular formula is C25H23Cl2N5O2. The number of hydrogen-bond donors (Lipinski definition) is 1. The Labute approximate surface area is 207 Å². The Bertz CT molecular complexity index is 1290. The van der Waals surface area contributed by atoms with Gasteiger partial charge in [0.2, 0.25) is 5.95 Å². The molecule has 0 saturated carbocycles. The first kappa shape index (κ1) is 22.8. The minimum Gasteiger partial charge on any atom is -0.379 e. The summed E-state index contributed by atoms with van der Waals surface area (Å²) in [7, 11) is 0. The smallest absolute Gasteiger partial charge is 0.253 e. The molecule has 1 aliphatic heterocycles. The fraction of sp³-hybridized carbons (Fsp3) is 0.240. The van der Waals surface area contributed by atoms with Crippen LogP contribution in [0.1, 0.15) is 22.0 Å². The molecule has 9 heteroatoms. The molecule has 0 spiro atoms. The van der Waals surface area contributed by atoms with Gasteiger partial charge in [-0.05, 0) is 35.9 Å². The highest BCUT2D eigenvalue weighted by Crippen LogP contribution is 2.30. The number of halogens is 2. The number of ether oxygens (including phenoxy) is 1. The standard InChI is InChI=1S/C25H23Cl2N5O2/c26-18-7-5-17(6-8-18)22(31-11-13-34-14-12-31)15-30-24(33)19-16-32(25-28-9-2-10-29-25)21-4-1-3-20(27)23(19)21/h1-10,16,22H,11-15H2,(H,30,33). The van der Waals surface area contributed by atoms with Gasteiger partial charge in [-0.1, -0.05) is 41.4 Å². The van der Waals surface area contributed by atoms with E-state index < -0.39 is 0 Å². The fourth-order valence-corrected chi connectivity index (χ4v) is 4.71. The maximum atomic E-state index is 13.4. The topological polar surface area (TPSA) is 72.3 Å². The first-order valence-corrected chi connectivity index (χ1v) is 11.8. The minimum absolute atomic E-state index is 0.00797. The highest BCUT2D eigenvalue weighted by Gasteiger charge is 2.25. The van der Waals surface area contributed by atoms with Crippen LogP contribution in [0.25, 0.3) is 16.9 Å². The van der Waals surface area contributed by atoms with Gasteiger partial charge in [-0.25, -0.2) is 9.97 Å². The molecule has 1 saturated heterocycles. The summed E-state index contributed by atoms with van der Waals surface area (Å²) in [5, 5.41) is 4.98. The highest BCUT2D eigenvalue weighted by molar-refractivity contribution is 6.37. The number of nitrogens with zero attached hydrogens (tertiary/aromatic N) is 4. The fourth-order valence-electron chi connectivity index (χ4n) is 4.31. The van der Waals surface area contributed by atoms with Crippen molar-refractivity contribution in [2.24, 2.45) is 0 Å². The lowest BCUT2D eigenvalue weighted by Gasteiger charge is -2.35. The third-order valence-corrected chi connectivity index (χ3v) is 6.56. The predicted molar refractivity (Wildman–Crippen MR) is 133 cm³/mol. The number of rotatable bonds is 6. The summed E-state index contributed by atoms with van der Waals surface area (Å²) >= 11 is 12.6. The number of morpholine rings is 1. The van der Waals surface area contributed by atoms with Crippen molar-refractivity contribution in [3.05, 3.63) is 88.3 Å². The Kier molecular flexibility index (Phi) is 6.78. The normalized spacial score (nSPS) is 15.4. The van der Waals surface area contributed by atoms with Crippen molar-refractivity contribution in [3.63, 3.8) is 0 Å². The van der Waals surface area contributed by atoms with Gasteiger partial charge in [0, 0.05) is 48.6 Å². The maximum Gasteiger partial charge on any atom is 0.253 e. The zero-order chi connectivity index (χ0) is 23.5. The van der Waals surface area contributed by atoms with Crippen molar-refractivity contribution in [1.82, 2.24) is 24.8 Å². The molecule has 4 aromatic rings. The van der Waals surface area contributed by atoms with Gasteiger partial charge < -0.3 is 10.1 Å². The molecule has 3 heterocycles. The molecule has 1 aliphatic rings. The molecule has 7 nitrogen and oxygen atoms in total. The van der Waals surface area contributed by atoms with Gasteiger partial charge in [0.05, 0.1) is 35.4 Å². The summed E-state index contributed by atoms with van der Waals surface area (Å²) in [6.45, 7) is 3.34. The first-order valence-electron chi connectivity index (χ1n) is 11.0. The third-order valence-electron chi connectivity index (χ3n) is 5.99. The molecule has 1 N–H and O–H groups in total. The number of aromatic nitrogens is 3. The number of carbonyl (C=O) groups is 1. The van der Waals surface area contributed by atoms with E-state index in [-0.39, 0.29) is 11.9 Å². The van der Waals surface area contributed by atoms with Gasteiger partial charge >= 0.3 is 0 Å². The van der Waals surface area contributed by atoms with Gasteiger partial charge in [0.1, 0.15) is 0 Å². The zero-order valence-electron chi connectivity index (χ0n) is 18.3. The molecule has 1 fully saturated rings. The summed E-state index contributed by atoms with van der Waals surface area (Å²) in [5.41, 5.74) is 2.33. The van der Waals surface area contributed by atoms with Crippen LogP contribution >= 0.6 is 23.2 Å². The molecule has 1 atom stereocenters. The molecule has 1 unspecified atom stereocenters. The van der Waals surface area contributed by atoms with Crippen LogP contribution in [0.5, 0.6) is 0 Å². The zero-order valence-corrected chi connectivity index (χ0v) is 19.8. The van der Waals surface area contributed by atoms with Crippen molar-refractivity contribution < 1.29 is 9.53 Å². The Morgan fingerprint density at radius 1 is 1.03 bits per heavy atom. The van der Waals surface area contributed by atoms with Crippen molar-refractivity contribution in [2.75, 3.05) is 32.8 Å². The lowest BCUT2D eigenvalue weighted by atomic mass is 10.0. The lowest BCUT2D eigenvalue weighted by Crippen LogP contribution is -2.43. The van der Waals surface area contributed by atoms with Crippen molar-refractivity contribution in [3.8, 4) is 5.95 Å². The first-order chi connectivity index (χ1) is 16.6. The third kappa shape index (κ3) is 4.65. The van der Waals surface area contributed by atoms with Crippen molar-refractivity contribution in [2.45, 2.75) is 6.04 Å². The van der Waals surface area contributed by atoms with E-state index in [1.54, 1.807) is 35.3 Å². The minimum atomic E-state index is -0.208. The van der Waals surface area contributed by atoms with Gasteiger partial charge in [-0.3, -0.25) is 14.3 Å². The quantitative estimate of drug-likeness (QED) is 0.425. The van der Waals surface area contributed by atoms with Crippen molar-refractivity contribution >= 4 is 40.0 Å². The van der Waals surface area contributed by atoms with E-state index in [4.69, 9.17) is 27.9 Å². The maximum absolute atomic E-state index is 13.4. The Morgan fingerprint density at radius 3 is 2.50 bits per heavy atom. The number of hydrogen-bond acceptors (Lipinski definition) is 5. The van der Waals surface area contributed by atoms with E-state index in [9.17, 15) is 4.79 Å². The van der Waals surface area contributed by atoms with Gasteiger partial charge in [-0.15, -0.1) is 0 Å². The summed E-state index contributed by atoms with van der Waals surface area (Å²) in [6, 6.07) is 15.0. The van der Waals surface area contributed by atoms with Crippen molar-refractivity contribution in [1.29, 1.82) is 0 Å². The average molecular weight is 496 g/mol. The Morgan fingerprint density at radius 2 is 1.76 bits per heavy atom. The molecule has 0 radical (unpaired) electrons. The lowest BCUT2D eigenvalue weighted by molar-refractivity contribution is 0.0162. The predicted octanol–water partition coefficient (Wildman–Crippen LogP) is 4.53. The highest BCUT2D eigenvalue weighted by atomic mass is 35.5. The molecule has 1 amide bonds. The van der Waals surface area contributed by atoms with E-state index in [2.05, 4.69) is 20.2 Å². The number of nitrogens with one attached hydrogen (secondary N) is 1. The number of carbonyl (C=O) groups excluding carboxylic acids is 1. The second-order valence-electron chi connectivity index (χ2n) is 8.02. The van der Waals surface area contributed by atoms with Crippen LogP contribution in [0, 0.1) is 0 Å². The monoisotopic (exact) mass is 495 g/mol. The number of amides is 1.